The largest absolute Gasteiger partial charge is 0.353 e. The van der Waals surface area contributed by atoms with Gasteiger partial charge in [-0.2, -0.15) is 5.26 Å². The van der Waals surface area contributed by atoms with E-state index >= 15 is 0 Å². The van der Waals surface area contributed by atoms with Crippen molar-refractivity contribution in [2.45, 2.75) is 18.6 Å². The van der Waals surface area contributed by atoms with Crippen LogP contribution >= 0.6 is 11.8 Å². The highest BCUT2D eigenvalue weighted by Crippen LogP contribution is 2.41. The van der Waals surface area contributed by atoms with Gasteiger partial charge in [-0.15, -0.1) is 11.8 Å². The van der Waals surface area contributed by atoms with Crippen LogP contribution in [-0.2, 0) is 10.5 Å². The third-order valence-electron chi connectivity index (χ3n) is 5.28. The topological polar surface area (TPSA) is 64.9 Å². The standard InChI is InChI=1S/C27H23N3OS/c1-19-23(17-28)24(21-13-7-3-8-14-21)25(26(31)30-22-15-9-4-10-16-22)27(29-19)32-18-20-11-5-2-6-12-20/h2-16,24,29H,18H2,1H3,(H,30,31)/t24-/m1/s1. The summed E-state index contributed by atoms with van der Waals surface area (Å²) in [6.45, 7) is 1.89. The average Bonchev–Trinajstić information content (AvgIpc) is 2.84. The zero-order valence-electron chi connectivity index (χ0n) is 17.7. The minimum Gasteiger partial charge on any atom is -0.353 e. The van der Waals surface area contributed by atoms with Crippen molar-refractivity contribution in [2.24, 2.45) is 0 Å². The van der Waals surface area contributed by atoms with Crippen molar-refractivity contribution < 1.29 is 4.79 Å². The predicted octanol–water partition coefficient (Wildman–Crippen LogP) is 5.95. The first-order chi connectivity index (χ1) is 15.7. The minimum absolute atomic E-state index is 0.214. The molecule has 0 aromatic heterocycles. The number of anilines is 1. The van der Waals surface area contributed by atoms with Gasteiger partial charge in [0.2, 0.25) is 0 Å². The molecule has 4 rings (SSSR count). The van der Waals surface area contributed by atoms with Crippen LogP contribution in [0.5, 0.6) is 0 Å². The second-order valence-corrected chi connectivity index (χ2v) is 8.44. The Hall–Kier alpha value is -3.75. The van der Waals surface area contributed by atoms with Crippen LogP contribution < -0.4 is 10.6 Å². The minimum atomic E-state index is -0.440. The number of benzene rings is 3. The summed E-state index contributed by atoms with van der Waals surface area (Å²) in [5.41, 5.74) is 4.68. The van der Waals surface area contributed by atoms with E-state index < -0.39 is 5.92 Å². The number of para-hydroxylation sites is 1. The fourth-order valence-electron chi connectivity index (χ4n) is 3.72. The van der Waals surface area contributed by atoms with Crippen molar-refractivity contribution >= 4 is 23.4 Å². The maximum Gasteiger partial charge on any atom is 0.255 e. The molecule has 4 nitrogen and oxygen atoms in total. The van der Waals surface area contributed by atoms with Crippen LogP contribution in [0.15, 0.2) is 113 Å². The SMILES string of the molecule is CC1=C(C#N)[C@@H](c2ccccc2)C(C(=O)Nc2ccccc2)=C(SCc2ccccc2)N1. The first-order valence-corrected chi connectivity index (χ1v) is 11.4. The van der Waals surface area contributed by atoms with Gasteiger partial charge < -0.3 is 10.6 Å². The van der Waals surface area contributed by atoms with Gasteiger partial charge >= 0.3 is 0 Å². The van der Waals surface area contributed by atoms with Gasteiger partial charge in [-0.1, -0.05) is 78.9 Å². The molecule has 158 valence electrons. The maximum absolute atomic E-state index is 13.6. The molecule has 0 aliphatic carbocycles. The molecule has 0 spiro atoms. The second kappa shape index (κ2) is 10.0. The van der Waals surface area contributed by atoms with Crippen LogP contribution in [0.1, 0.15) is 24.0 Å². The molecule has 3 aromatic rings. The molecule has 1 aliphatic heterocycles. The van der Waals surface area contributed by atoms with Crippen molar-refractivity contribution in [3.05, 3.63) is 124 Å². The third-order valence-corrected chi connectivity index (χ3v) is 6.37. The molecule has 1 aliphatic rings. The number of nitrogens with zero attached hydrogens (tertiary/aromatic N) is 1. The Labute approximate surface area is 192 Å². The number of thioether (sulfide) groups is 1. The van der Waals surface area contributed by atoms with Crippen molar-refractivity contribution in [2.75, 3.05) is 5.32 Å². The Bertz CT molecular complexity index is 1200. The molecule has 0 bridgehead atoms. The van der Waals surface area contributed by atoms with E-state index in [1.807, 2.05) is 85.8 Å². The fraction of sp³-hybridized carbons (Fsp3) is 0.111. The van der Waals surface area contributed by atoms with Gasteiger partial charge in [0.15, 0.2) is 0 Å². The third kappa shape index (κ3) is 4.77. The van der Waals surface area contributed by atoms with E-state index in [0.717, 1.165) is 16.3 Å². The van der Waals surface area contributed by atoms with Gasteiger partial charge in [0, 0.05) is 17.1 Å². The Kier molecular flexibility index (Phi) is 6.74. The summed E-state index contributed by atoms with van der Waals surface area (Å²) in [7, 11) is 0. The molecule has 5 heteroatoms. The smallest absolute Gasteiger partial charge is 0.255 e. The number of carbonyl (C=O) groups excluding carboxylic acids is 1. The monoisotopic (exact) mass is 437 g/mol. The van der Waals surface area contributed by atoms with Crippen LogP contribution in [0, 0.1) is 11.3 Å². The zero-order valence-corrected chi connectivity index (χ0v) is 18.5. The number of hydrogen-bond acceptors (Lipinski definition) is 4. The van der Waals surface area contributed by atoms with E-state index in [1.165, 1.54) is 5.56 Å². The normalized spacial score (nSPS) is 15.7. The predicted molar refractivity (Wildman–Crippen MR) is 130 cm³/mol. The van der Waals surface area contributed by atoms with Gasteiger partial charge in [0.1, 0.15) is 0 Å². The molecular weight excluding hydrogens is 414 g/mol. The van der Waals surface area contributed by atoms with E-state index in [0.29, 0.717) is 22.6 Å². The van der Waals surface area contributed by atoms with Crippen LogP contribution in [0.3, 0.4) is 0 Å². The van der Waals surface area contributed by atoms with Crippen molar-refractivity contribution in [1.82, 2.24) is 5.32 Å². The first-order valence-electron chi connectivity index (χ1n) is 10.4. The van der Waals surface area contributed by atoms with E-state index in [1.54, 1.807) is 11.8 Å². The van der Waals surface area contributed by atoms with Crippen molar-refractivity contribution in [3.63, 3.8) is 0 Å². The van der Waals surface area contributed by atoms with E-state index in [4.69, 9.17) is 0 Å². The van der Waals surface area contributed by atoms with Gasteiger partial charge in [-0.05, 0) is 30.2 Å². The molecule has 0 saturated heterocycles. The van der Waals surface area contributed by atoms with Gasteiger partial charge in [-0.25, -0.2) is 0 Å². The lowest BCUT2D eigenvalue weighted by Gasteiger charge is -2.30. The maximum atomic E-state index is 13.6. The highest BCUT2D eigenvalue weighted by molar-refractivity contribution is 8.02. The molecule has 1 heterocycles. The molecule has 0 fully saturated rings. The van der Waals surface area contributed by atoms with Crippen LogP contribution in [0.25, 0.3) is 0 Å². The number of nitrogens with one attached hydrogen (secondary N) is 2. The molecule has 1 amide bonds. The molecule has 3 aromatic carbocycles. The van der Waals surface area contributed by atoms with Crippen LogP contribution in [-0.4, -0.2) is 5.91 Å². The molecule has 0 radical (unpaired) electrons. The van der Waals surface area contributed by atoms with Gasteiger partial charge in [0.25, 0.3) is 5.91 Å². The van der Waals surface area contributed by atoms with Gasteiger partial charge in [0.05, 0.1) is 28.2 Å². The number of dihydropyridines is 1. The summed E-state index contributed by atoms with van der Waals surface area (Å²) in [4.78, 5) is 13.6. The molecular formula is C27H23N3OS. The molecule has 32 heavy (non-hydrogen) atoms. The second-order valence-electron chi connectivity index (χ2n) is 7.46. The summed E-state index contributed by atoms with van der Waals surface area (Å²) in [5, 5.41) is 17.1. The Morgan fingerprint density at radius 1 is 0.969 bits per heavy atom. The Morgan fingerprint density at radius 3 is 2.19 bits per heavy atom. The number of carbonyl (C=O) groups is 1. The average molecular weight is 438 g/mol. The van der Waals surface area contributed by atoms with Crippen molar-refractivity contribution in [1.29, 1.82) is 5.26 Å². The fourth-order valence-corrected chi connectivity index (χ4v) is 4.82. The summed E-state index contributed by atoms with van der Waals surface area (Å²) in [6.07, 6.45) is 0. The lowest BCUT2D eigenvalue weighted by atomic mass is 9.82. The summed E-state index contributed by atoms with van der Waals surface area (Å²) in [6, 6.07) is 31.6. The summed E-state index contributed by atoms with van der Waals surface area (Å²) < 4.78 is 0. The number of amides is 1. The quantitative estimate of drug-likeness (QED) is 0.500. The Balaban J connectivity index is 1.77. The molecule has 1 atom stereocenters. The summed E-state index contributed by atoms with van der Waals surface area (Å²) >= 11 is 1.58. The van der Waals surface area contributed by atoms with E-state index in [9.17, 15) is 10.1 Å². The molecule has 2 N–H and O–H groups in total. The highest BCUT2D eigenvalue weighted by Gasteiger charge is 2.34. The summed E-state index contributed by atoms with van der Waals surface area (Å²) in [5.74, 6) is 0.0555. The number of hydrogen-bond donors (Lipinski definition) is 2. The van der Waals surface area contributed by atoms with Crippen molar-refractivity contribution in [3.8, 4) is 6.07 Å². The van der Waals surface area contributed by atoms with Crippen LogP contribution in [0.4, 0.5) is 5.69 Å². The van der Waals surface area contributed by atoms with Crippen LogP contribution in [0.2, 0.25) is 0 Å². The van der Waals surface area contributed by atoms with E-state index in [2.05, 4.69) is 28.8 Å². The zero-order chi connectivity index (χ0) is 22.3. The molecule has 0 saturated carbocycles. The molecule has 0 unspecified atom stereocenters. The van der Waals surface area contributed by atoms with Gasteiger partial charge in [-0.3, -0.25) is 4.79 Å². The highest BCUT2D eigenvalue weighted by atomic mass is 32.2. The lowest BCUT2D eigenvalue weighted by Crippen LogP contribution is -2.30. The number of allylic oxidation sites excluding steroid dienone is 2. The number of nitriles is 1. The lowest BCUT2D eigenvalue weighted by molar-refractivity contribution is -0.113. The number of rotatable bonds is 6. The first kappa shape index (κ1) is 21.5. The Morgan fingerprint density at radius 2 is 1.56 bits per heavy atom. The van der Waals surface area contributed by atoms with E-state index in [-0.39, 0.29) is 5.91 Å².